The largest absolute Gasteiger partial charge is 0.477 e. The highest BCUT2D eigenvalue weighted by molar-refractivity contribution is 5.86. The van der Waals surface area contributed by atoms with E-state index < -0.39 is 5.97 Å². The summed E-state index contributed by atoms with van der Waals surface area (Å²) in [5.41, 5.74) is 0.145. The van der Waals surface area contributed by atoms with Crippen molar-refractivity contribution in [1.82, 2.24) is 9.88 Å². The maximum atomic E-state index is 11.9. The fourth-order valence-corrected chi connectivity index (χ4v) is 2.96. The number of hydrogen-bond acceptors (Lipinski definition) is 2. The van der Waals surface area contributed by atoms with Crippen LogP contribution in [0.2, 0.25) is 0 Å². The van der Waals surface area contributed by atoms with Gasteiger partial charge in [-0.2, -0.15) is 0 Å². The zero-order chi connectivity index (χ0) is 14.5. The van der Waals surface area contributed by atoms with Crippen LogP contribution in [0.3, 0.4) is 0 Å². The topological polar surface area (TPSA) is 71.3 Å². The Morgan fingerprint density at radius 3 is 2.95 bits per heavy atom. The molecule has 20 heavy (non-hydrogen) atoms. The third kappa shape index (κ3) is 3.85. The van der Waals surface area contributed by atoms with E-state index in [2.05, 4.69) is 12.2 Å². The second-order valence-electron chi connectivity index (χ2n) is 5.77. The number of carboxylic acid groups (broad SMARTS) is 1. The first-order chi connectivity index (χ1) is 9.56. The minimum absolute atomic E-state index is 0.0664. The molecule has 1 amide bonds. The van der Waals surface area contributed by atoms with Gasteiger partial charge in [0.25, 0.3) is 0 Å². The van der Waals surface area contributed by atoms with Crippen molar-refractivity contribution in [3.05, 3.63) is 24.0 Å². The molecule has 2 atom stereocenters. The predicted molar refractivity (Wildman–Crippen MR) is 75.5 cm³/mol. The number of nitrogens with one attached hydrogen (secondary N) is 1. The summed E-state index contributed by atoms with van der Waals surface area (Å²) >= 11 is 0. The normalized spacial score (nSPS) is 22.4. The minimum atomic E-state index is -1.01. The van der Waals surface area contributed by atoms with Gasteiger partial charge >= 0.3 is 5.97 Å². The summed E-state index contributed by atoms with van der Waals surface area (Å²) < 4.78 is 1.46. The van der Waals surface area contributed by atoms with Crippen LogP contribution in [0.15, 0.2) is 18.3 Å². The molecular weight excluding hydrogens is 256 g/mol. The van der Waals surface area contributed by atoms with Gasteiger partial charge in [-0.15, -0.1) is 0 Å². The number of nitrogens with zero attached hydrogens (tertiary/aromatic N) is 1. The van der Waals surface area contributed by atoms with Gasteiger partial charge in [0.1, 0.15) is 12.2 Å². The van der Waals surface area contributed by atoms with Gasteiger partial charge in [0, 0.05) is 12.7 Å². The number of carbonyl (C=O) groups excluding carboxylic acids is 1. The highest BCUT2D eigenvalue weighted by Crippen LogP contribution is 2.27. The van der Waals surface area contributed by atoms with Crippen LogP contribution >= 0.6 is 0 Å². The van der Waals surface area contributed by atoms with E-state index in [4.69, 9.17) is 5.11 Å². The molecule has 2 unspecified atom stereocenters. The highest BCUT2D eigenvalue weighted by atomic mass is 16.4. The van der Waals surface area contributed by atoms with Gasteiger partial charge in [-0.3, -0.25) is 4.79 Å². The molecule has 110 valence electrons. The minimum Gasteiger partial charge on any atom is -0.477 e. The lowest BCUT2D eigenvalue weighted by atomic mass is 9.82. The molecule has 5 nitrogen and oxygen atoms in total. The maximum absolute atomic E-state index is 11.9. The van der Waals surface area contributed by atoms with Crippen molar-refractivity contribution >= 4 is 11.9 Å². The number of rotatable bonds is 5. The average Bonchev–Trinajstić information content (AvgIpc) is 2.85. The number of carboxylic acids is 1. The van der Waals surface area contributed by atoms with Gasteiger partial charge < -0.3 is 15.0 Å². The Bertz CT molecular complexity index is 481. The van der Waals surface area contributed by atoms with Crippen LogP contribution in [-0.2, 0) is 11.3 Å². The van der Waals surface area contributed by atoms with Crippen molar-refractivity contribution in [3.63, 3.8) is 0 Å². The SMILES string of the molecule is CC1CCCC(CNC(=O)Cn2cccc2C(=O)O)C1. The molecule has 2 rings (SSSR count). The molecule has 0 aliphatic heterocycles. The fraction of sp³-hybridized carbons (Fsp3) is 0.600. The fourth-order valence-electron chi connectivity index (χ4n) is 2.96. The van der Waals surface area contributed by atoms with Crippen molar-refractivity contribution in [1.29, 1.82) is 0 Å². The van der Waals surface area contributed by atoms with Crippen LogP contribution in [0.4, 0.5) is 0 Å². The molecule has 0 saturated heterocycles. The van der Waals surface area contributed by atoms with Crippen LogP contribution in [0.25, 0.3) is 0 Å². The third-order valence-electron chi connectivity index (χ3n) is 4.00. The van der Waals surface area contributed by atoms with Gasteiger partial charge in [-0.05, 0) is 36.8 Å². The molecular formula is C15H22N2O3. The monoisotopic (exact) mass is 278 g/mol. The summed E-state index contributed by atoms with van der Waals surface area (Å²) in [6.07, 6.45) is 6.49. The third-order valence-corrected chi connectivity index (χ3v) is 4.00. The number of aromatic carboxylic acids is 1. The molecule has 1 saturated carbocycles. The van der Waals surface area contributed by atoms with Crippen molar-refractivity contribution < 1.29 is 14.7 Å². The van der Waals surface area contributed by atoms with E-state index >= 15 is 0 Å². The van der Waals surface area contributed by atoms with Gasteiger partial charge in [-0.25, -0.2) is 4.79 Å². The number of amides is 1. The number of carbonyl (C=O) groups is 2. The Morgan fingerprint density at radius 2 is 2.25 bits per heavy atom. The molecule has 5 heteroatoms. The molecule has 0 spiro atoms. The van der Waals surface area contributed by atoms with Gasteiger partial charge in [0.05, 0.1) is 0 Å². The van der Waals surface area contributed by atoms with Crippen LogP contribution in [0.1, 0.15) is 43.1 Å². The first-order valence-electron chi connectivity index (χ1n) is 7.21. The molecule has 1 aromatic rings. The summed E-state index contributed by atoms with van der Waals surface area (Å²) in [4.78, 5) is 22.8. The quantitative estimate of drug-likeness (QED) is 0.866. The molecule has 0 radical (unpaired) electrons. The predicted octanol–water partition coefficient (Wildman–Crippen LogP) is 2.13. The number of hydrogen-bond donors (Lipinski definition) is 2. The summed E-state index contributed by atoms with van der Waals surface area (Å²) in [6, 6.07) is 3.14. The smallest absolute Gasteiger partial charge is 0.352 e. The maximum Gasteiger partial charge on any atom is 0.352 e. The van der Waals surface area contributed by atoms with Crippen molar-refractivity contribution in [2.75, 3.05) is 6.54 Å². The Hall–Kier alpha value is -1.78. The summed E-state index contributed by atoms with van der Waals surface area (Å²) in [5.74, 6) is 0.172. The Balaban J connectivity index is 1.80. The van der Waals surface area contributed by atoms with Gasteiger partial charge in [0.2, 0.25) is 5.91 Å². The molecule has 2 N–H and O–H groups in total. The van der Waals surface area contributed by atoms with E-state index in [0.717, 1.165) is 5.92 Å². The molecule has 1 aromatic heterocycles. The zero-order valence-electron chi connectivity index (χ0n) is 11.8. The lowest BCUT2D eigenvalue weighted by Gasteiger charge is -2.26. The summed E-state index contributed by atoms with van der Waals surface area (Å²) in [7, 11) is 0. The Labute approximate surface area is 119 Å². The van der Waals surface area contributed by atoms with Crippen molar-refractivity contribution in [2.45, 2.75) is 39.2 Å². The Morgan fingerprint density at radius 1 is 1.45 bits per heavy atom. The van der Waals surface area contributed by atoms with E-state index in [1.54, 1.807) is 12.3 Å². The van der Waals surface area contributed by atoms with Crippen LogP contribution in [0.5, 0.6) is 0 Å². The van der Waals surface area contributed by atoms with Gasteiger partial charge in [-0.1, -0.05) is 19.8 Å². The lowest BCUT2D eigenvalue weighted by molar-refractivity contribution is -0.121. The second-order valence-corrected chi connectivity index (χ2v) is 5.77. The van der Waals surface area contributed by atoms with Crippen LogP contribution in [0, 0.1) is 11.8 Å². The standard InChI is InChI=1S/C15H22N2O3/c1-11-4-2-5-12(8-11)9-16-14(18)10-17-7-3-6-13(17)15(19)20/h3,6-7,11-12H,2,4-5,8-10H2,1H3,(H,16,18)(H,19,20). The molecule has 0 bridgehead atoms. The number of aromatic nitrogens is 1. The molecule has 1 heterocycles. The van der Waals surface area contributed by atoms with Crippen molar-refractivity contribution in [2.24, 2.45) is 11.8 Å². The highest BCUT2D eigenvalue weighted by Gasteiger charge is 2.19. The van der Waals surface area contributed by atoms with E-state index in [9.17, 15) is 9.59 Å². The van der Waals surface area contributed by atoms with Crippen LogP contribution in [-0.4, -0.2) is 28.1 Å². The molecule has 1 aliphatic rings. The second kappa shape index (κ2) is 6.59. The first-order valence-corrected chi connectivity index (χ1v) is 7.21. The van der Waals surface area contributed by atoms with Crippen molar-refractivity contribution in [3.8, 4) is 0 Å². The van der Waals surface area contributed by atoms with E-state index in [1.807, 2.05) is 0 Å². The molecule has 1 aliphatic carbocycles. The lowest BCUT2D eigenvalue weighted by Crippen LogP contribution is -2.34. The first kappa shape index (κ1) is 14.6. The van der Waals surface area contributed by atoms with Crippen LogP contribution < -0.4 is 5.32 Å². The van der Waals surface area contributed by atoms with E-state index in [0.29, 0.717) is 12.5 Å². The van der Waals surface area contributed by atoms with E-state index in [1.165, 1.54) is 36.3 Å². The summed E-state index contributed by atoms with van der Waals surface area (Å²) in [5, 5.41) is 11.9. The van der Waals surface area contributed by atoms with Gasteiger partial charge in [0.15, 0.2) is 0 Å². The average molecular weight is 278 g/mol. The Kier molecular flexibility index (Phi) is 4.82. The molecule has 1 fully saturated rings. The van der Waals surface area contributed by atoms with E-state index in [-0.39, 0.29) is 18.1 Å². The summed E-state index contributed by atoms with van der Waals surface area (Å²) in [6.45, 7) is 3.02. The molecule has 0 aromatic carbocycles. The zero-order valence-corrected chi connectivity index (χ0v) is 11.8.